The minimum atomic E-state index is -1.62. The molecule has 0 bridgehead atoms. The lowest BCUT2D eigenvalue weighted by molar-refractivity contribution is -0.302. The van der Waals surface area contributed by atoms with Crippen molar-refractivity contribution in [3.8, 4) is 0 Å². The topological polar surface area (TPSA) is 169 Å². The molecule has 8 atom stereocenters. The van der Waals surface area contributed by atoms with Gasteiger partial charge in [-0.25, -0.2) is 0 Å². The maximum atomic E-state index is 13.0. The van der Waals surface area contributed by atoms with E-state index in [-0.39, 0.29) is 6.61 Å². The van der Waals surface area contributed by atoms with E-state index in [0.717, 1.165) is 38.5 Å². The third kappa shape index (κ3) is 26.1. The van der Waals surface area contributed by atoms with Gasteiger partial charge in [-0.05, 0) is 57.8 Å². The maximum Gasteiger partial charge on any atom is 0.249 e. The highest BCUT2D eigenvalue weighted by Gasteiger charge is 2.44. The summed E-state index contributed by atoms with van der Waals surface area (Å²) in [6.07, 6.45) is 32.3. The Kier molecular flexibility index (Phi) is 33.2. The summed E-state index contributed by atoms with van der Waals surface area (Å²) in [4.78, 5) is 13.0. The van der Waals surface area contributed by atoms with Gasteiger partial charge in [0.2, 0.25) is 5.91 Å². The fraction of sp³-hybridized carbons (Fsp3) is 0.844. The maximum absolute atomic E-state index is 13.0. The van der Waals surface area contributed by atoms with Crippen LogP contribution in [0.2, 0.25) is 0 Å². The van der Waals surface area contributed by atoms with Crippen molar-refractivity contribution in [3.63, 3.8) is 0 Å². The minimum Gasteiger partial charge on any atom is -0.394 e. The number of carbonyl (C=O) groups is 1. The van der Waals surface area contributed by atoms with Gasteiger partial charge in [0.15, 0.2) is 6.29 Å². The molecule has 0 aromatic heterocycles. The number of allylic oxidation sites excluding steroid dienone is 5. The van der Waals surface area contributed by atoms with Crippen LogP contribution in [-0.2, 0) is 14.3 Å². The normalized spacial score (nSPS) is 22.2. The van der Waals surface area contributed by atoms with Crippen molar-refractivity contribution in [1.29, 1.82) is 0 Å². The zero-order valence-corrected chi connectivity index (χ0v) is 34.8. The Hall–Kier alpha value is -1.63. The first-order valence-electron chi connectivity index (χ1n) is 22.3. The number of aliphatic hydroxyl groups excluding tert-OH is 6. The summed E-state index contributed by atoms with van der Waals surface area (Å²) in [7, 11) is 0. The van der Waals surface area contributed by atoms with E-state index >= 15 is 0 Å². The summed E-state index contributed by atoms with van der Waals surface area (Å²) in [5.41, 5.74) is 0. The number of aliphatic hydroxyl groups is 6. The summed E-state index contributed by atoms with van der Waals surface area (Å²) in [5.74, 6) is -0.633. The van der Waals surface area contributed by atoms with E-state index < -0.39 is 61.5 Å². The van der Waals surface area contributed by atoms with Crippen LogP contribution in [0.3, 0.4) is 0 Å². The smallest absolute Gasteiger partial charge is 0.249 e. The molecule has 322 valence electrons. The van der Waals surface area contributed by atoms with Gasteiger partial charge in [-0.15, -0.1) is 0 Å². The van der Waals surface area contributed by atoms with Gasteiger partial charge in [0, 0.05) is 0 Å². The van der Waals surface area contributed by atoms with Crippen LogP contribution in [-0.4, -0.2) is 98.7 Å². The second-order valence-electron chi connectivity index (χ2n) is 15.6. The lowest BCUT2D eigenvalue weighted by Crippen LogP contribution is -2.60. The Bertz CT molecular complexity index is 974. The van der Waals surface area contributed by atoms with Crippen LogP contribution < -0.4 is 5.32 Å². The van der Waals surface area contributed by atoms with Crippen molar-refractivity contribution >= 4 is 5.91 Å². The number of ether oxygens (including phenoxy) is 2. The highest BCUT2D eigenvalue weighted by atomic mass is 16.7. The van der Waals surface area contributed by atoms with E-state index in [0.29, 0.717) is 19.3 Å². The molecule has 1 aliphatic rings. The van der Waals surface area contributed by atoms with E-state index in [9.17, 15) is 35.4 Å². The SMILES string of the molecule is CCCCCCCC/C=C\CCCCCCCCC(O)C(=O)NC(COC1OC(CO)C(O)C(O)C1O)C(O)/C=C/CC/C=C/CCCCCCCCCC. The van der Waals surface area contributed by atoms with E-state index in [1.807, 2.05) is 6.08 Å². The molecule has 1 rings (SSSR count). The van der Waals surface area contributed by atoms with Gasteiger partial charge in [0.05, 0.1) is 25.4 Å². The van der Waals surface area contributed by atoms with Crippen LogP contribution in [0.25, 0.3) is 0 Å². The van der Waals surface area contributed by atoms with E-state index in [1.54, 1.807) is 6.08 Å². The highest BCUT2D eigenvalue weighted by Crippen LogP contribution is 2.22. The molecule has 7 N–H and O–H groups in total. The Morgan fingerprint density at radius 3 is 1.58 bits per heavy atom. The van der Waals surface area contributed by atoms with Crippen LogP contribution in [0.4, 0.5) is 0 Å². The van der Waals surface area contributed by atoms with Crippen LogP contribution in [0, 0.1) is 0 Å². The Morgan fingerprint density at radius 1 is 0.618 bits per heavy atom. The van der Waals surface area contributed by atoms with Crippen molar-refractivity contribution in [3.05, 3.63) is 36.5 Å². The molecular weight excluding hydrogens is 698 g/mol. The van der Waals surface area contributed by atoms with E-state index in [2.05, 4.69) is 43.5 Å². The van der Waals surface area contributed by atoms with Gasteiger partial charge < -0.3 is 45.4 Å². The summed E-state index contributed by atoms with van der Waals surface area (Å²) < 4.78 is 11.1. The molecule has 55 heavy (non-hydrogen) atoms. The first kappa shape index (κ1) is 51.4. The monoisotopic (exact) mass is 782 g/mol. The number of carbonyl (C=O) groups excluding carboxylic acids is 1. The molecule has 8 unspecified atom stereocenters. The molecule has 0 aromatic rings. The lowest BCUT2D eigenvalue weighted by Gasteiger charge is -2.40. The zero-order valence-electron chi connectivity index (χ0n) is 34.8. The van der Waals surface area contributed by atoms with Crippen LogP contribution >= 0.6 is 0 Å². The molecule has 0 spiro atoms. The Morgan fingerprint density at radius 2 is 1.07 bits per heavy atom. The summed E-state index contributed by atoms with van der Waals surface area (Å²) in [6, 6.07) is -0.997. The Balaban J connectivity index is 2.47. The van der Waals surface area contributed by atoms with Crippen molar-refractivity contribution in [1.82, 2.24) is 5.32 Å². The van der Waals surface area contributed by atoms with Crippen molar-refractivity contribution < 1.29 is 44.9 Å². The number of unbranched alkanes of at least 4 members (excludes halogenated alkanes) is 21. The second kappa shape index (κ2) is 35.5. The first-order chi connectivity index (χ1) is 26.8. The zero-order chi connectivity index (χ0) is 40.4. The molecule has 0 aromatic carbocycles. The van der Waals surface area contributed by atoms with Gasteiger partial charge in [-0.1, -0.05) is 159 Å². The fourth-order valence-electron chi connectivity index (χ4n) is 6.82. The molecule has 10 nitrogen and oxygen atoms in total. The number of hydrogen-bond donors (Lipinski definition) is 7. The van der Waals surface area contributed by atoms with Gasteiger partial charge in [0.1, 0.15) is 30.5 Å². The predicted molar refractivity (Wildman–Crippen MR) is 222 cm³/mol. The van der Waals surface area contributed by atoms with Crippen molar-refractivity contribution in [2.75, 3.05) is 13.2 Å². The molecule has 1 heterocycles. The largest absolute Gasteiger partial charge is 0.394 e. The molecule has 0 radical (unpaired) electrons. The molecule has 1 saturated heterocycles. The lowest BCUT2D eigenvalue weighted by atomic mass is 9.99. The molecular formula is C45H83NO9. The third-order valence-corrected chi connectivity index (χ3v) is 10.5. The number of amides is 1. The molecule has 1 aliphatic heterocycles. The van der Waals surface area contributed by atoms with Gasteiger partial charge in [0.25, 0.3) is 0 Å². The quantitative estimate of drug-likeness (QED) is 0.0247. The van der Waals surface area contributed by atoms with E-state index in [4.69, 9.17) is 9.47 Å². The average molecular weight is 782 g/mol. The summed E-state index contributed by atoms with van der Waals surface area (Å²) >= 11 is 0. The third-order valence-electron chi connectivity index (χ3n) is 10.5. The molecule has 1 amide bonds. The Labute approximate surface area is 334 Å². The fourth-order valence-corrected chi connectivity index (χ4v) is 6.82. The van der Waals surface area contributed by atoms with Crippen LogP contribution in [0.1, 0.15) is 181 Å². The summed E-state index contributed by atoms with van der Waals surface area (Å²) in [6.45, 7) is 3.56. The molecule has 0 aliphatic carbocycles. The van der Waals surface area contributed by atoms with Gasteiger partial charge >= 0.3 is 0 Å². The number of nitrogens with one attached hydrogen (secondary N) is 1. The van der Waals surface area contributed by atoms with Crippen molar-refractivity contribution in [2.45, 2.75) is 230 Å². The second-order valence-corrected chi connectivity index (χ2v) is 15.6. The first-order valence-corrected chi connectivity index (χ1v) is 22.3. The molecule has 10 heteroatoms. The van der Waals surface area contributed by atoms with Crippen molar-refractivity contribution in [2.24, 2.45) is 0 Å². The minimum absolute atomic E-state index is 0.296. The average Bonchev–Trinajstić information content (AvgIpc) is 3.18. The van der Waals surface area contributed by atoms with Gasteiger partial charge in [-0.3, -0.25) is 4.79 Å². The molecule has 1 fully saturated rings. The van der Waals surface area contributed by atoms with E-state index in [1.165, 1.54) is 109 Å². The van der Waals surface area contributed by atoms with Crippen LogP contribution in [0.5, 0.6) is 0 Å². The standard InChI is InChI=1S/C45H83NO9/c1-3-5-7-9-11-13-15-17-19-20-22-24-26-28-30-32-34-39(49)44(53)46-37(36-54-45-43(52)42(51)41(50)40(35-47)55-45)38(48)33-31-29-27-25-23-21-18-16-14-12-10-8-6-4-2/h17,19,23,25,31,33,37-43,45,47-52H,3-16,18,20-22,24,26-30,32,34-36H2,1-2H3,(H,46,53)/b19-17-,25-23+,33-31+. The summed E-state index contributed by atoms with van der Waals surface area (Å²) in [5, 5.41) is 64.5. The highest BCUT2D eigenvalue weighted by molar-refractivity contribution is 5.80. The molecule has 0 saturated carbocycles. The number of hydrogen-bond acceptors (Lipinski definition) is 9. The van der Waals surface area contributed by atoms with Gasteiger partial charge in [-0.2, -0.15) is 0 Å². The number of rotatable bonds is 36. The predicted octanol–water partition coefficient (Wildman–Crippen LogP) is 7.86. The van der Waals surface area contributed by atoms with Crippen LogP contribution in [0.15, 0.2) is 36.5 Å².